The van der Waals surface area contributed by atoms with Crippen LogP contribution in [0.15, 0.2) is 36.4 Å². The second-order valence-corrected chi connectivity index (χ2v) is 7.20. The molecular weight excluding hydrogens is 367 g/mol. The molecule has 0 amide bonds. The van der Waals surface area contributed by atoms with Crippen LogP contribution in [0.4, 0.5) is 0 Å². The molecule has 1 N–H and O–H groups in total. The molecule has 2 aromatic carbocycles. The van der Waals surface area contributed by atoms with Crippen LogP contribution < -0.4 is 5.32 Å². The number of hydrogen-bond donors (Lipinski definition) is 1. The van der Waals surface area contributed by atoms with Crippen LogP contribution in [-0.2, 0) is 4.74 Å². The zero-order valence-corrected chi connectivity index (χ0v) is 17.1. The van der Waals surface area contributed by atoms with E-state index in [-0.39, 0.29) is 24.8 Å². The van der Waals surface area contributed by atoms with Crippen molar-refractivity contribution >= 4 is 35.6 Å². The third-order valence-corrected chi connectivity index (χ3v) is 5.75. The average Bonchev–Trinajstić information content (AvgIpc) is 2.66. The third kappa shape index (κ3) is 4.35. The monoisotopic (exact) mass is 396 g/mol. The van der Waals surface area contributed by atoms with Gasteiger partial charge in [-0.15, -0.1) is 24.8 Å². The first-order valence-electron chi connectivity index (χ1n) is 9.35. The van der Waals surface area contributed by atoms with Gasteiger partial charge in [-0.1, -0.05) is 36.4 Å². The Bertz CT molecular complexity index is 679. The van der Waals surface area contributed by atoms with Gasteiger partial charge in [0.1, 0.15) is 0 Å². The standard InChI is InChI=1S/C21H28N2O.2ClH/c1-16-6-7-20(19-5-3-2-4-18(16)19)21(17-8-14-24-15-9-17)23-12-10-22-11-13-23;;/h2-7,17,21-22H,8-15H2,1H3;2*1H/t21-;;/m0../s1. The van der Waals surface area contributed by atoms with Gasteiger partial charge in [-0.2, -0.15) is 0 Å². The minimum absolute atomic E-state index is 0. The summed E-state index contributed by atoms with van der Waals surface area (Å²) in [5, 5.41) is 6.35. The minimum Gasteiger partial charge on any atom is -0.381 e. The molecule has 2 aliphatic rings. The molecular formula is C21H30Cl2N2O. The van der Waals surface area contributed by atoms with E-state index in [1.54, 1.807) is 0 Å². The molecule has 0 saturated carbocycles. The van der Waals surface area contributed by atoms with Crippen molar-refractivity contribution in [2.24, 2.45) is 5.92 Å². The minimum atomic E-state index is 0. The summed E-state index contributed by atoms with van der Waals surface area (Å²) >= 11 is 0. The number of rotatable bonds is 3. The number of benzene rings is 2. The van der Waals surface area contributed by atoms with Crippen molar-refractivity contribution in [1.29, 1.82) is 0 Å². The molecule has 2 fully saturated rings. The fraction of sp³-hybridized carbons (Fsp3) is 0.524. The van der Waals surface area contributed by atoms with Gasteiger partial charge < -0.3 is 10.1 Å². The Morgan fingerprint density at radius 1 is 0.962 bits per heavy atom. The number of hydrogen-bond acceptors (Lipinski definition) is 3. The number of aryl methyl sites for hydroxylation is 1. The van der Waals surface area contributed by atoms with Gasteiger partial charge in [-0.25, -0.2) is 0 Å². The van der Waals surface area contributed by atoms with Crippen molar-refractivity contribution in [3.05, 3.63) is 47.5 Å². The molecule has 1 atom stereocenters. The normalized spacial score (nSPS) is 20.2. The number of nitrogens with one attached hydrogen (secondary N) is 1. The first-order chi connectivity index (χ1) is 11.8. The van der Waals surface area contributed by atoms with E-state index in [1.165, 1.54) is 34.7 Å². The Hall–Kier alpha value is -0.840. The Morgan fingerprint density at radius 2 is 1.62 bits per heavy atom. The van der Waals surface area contributed by atoms with Crippen LogP contribution in [0.2, 0.25) is 0 Å². The molecule has 0 aliphatic carbocycles. The summed E-state index contributed by atoms with van der Waals surface area (Å²) in [5.74, 6) is 0.697. The Balaban J connectivity index is 0.00000121. The summed E-state index contributed by atoms with van der Waals surface area (Å²) in [6.45, 7) is 8.54. The number of piperazine rings is 1. The van der Waals surface area contributed by atoms with E-state index in [0.717, 1.165) is 39.4 Å². The van der Waals surface area contributed by atoms with E-state index < -0.39 is 0 Å². The lowest BCUT2D eigenvalue weighted by molar-refractivity contribution is 0.0217. The Labute approximate surface area is 169 Å². The SMILES string of the molecule is Cc1ccc([C@H](C2CCOCC2)N2CCNCC2)c2ccccc12.Cl.Cl. The van der Waals surface area contributed by atoms with E-state index in [1.807, 2.05) is 0 Å². The summed E-state index contributed by atoms with van der Waals surface area (Å²) in [6.07, 6.45) is 2.35. The summed E-state index contributed by atoms with van der Waals surface area (Å²) in [4.78, 5) is 2.71. The molecule has 2 aromatic rings. The van der Waals surface area contributed by atoms with Gasteiger partial charge in [0.05, 0.1) is 0 Å². The molecule has 0 bridgehead atoms. The second kappa shape index (κ2) is 9.91. The van der Waals surface area contributed by atoms with Crippen LogP contribution in [0, 0.1) is 12.8 Å². The lowest BCUT2D eigenvalue weighted by Gasteiger charge is -2.41. The smallest absolute Gasteiger partial charge is 0.0469 e. The zero-order chi connectivity index (χ0) is 16.4. The maximum absolute atomic E-state index is 5.65. The second-order valence-electron chi connectivity index (χ2n) is 7.20. The first kappa shape index (κ1) is 21.5. The van der Waals surface area contributed by atoms with Gasteiger partial charge in [0.25, 0.3) is 0 Å². The van der Waals surface area contributed by atoms with E-state index in [4.69, 9.17) is 4.74 Å². The first-order valence-corrected chi connectivity index (χ1v) is 9.35. The van der Waals surface area contributed by atoms with Gasteiger partial charge in [-0.05, 0) is 47.6 Å². The summed E-state index contributed by atoms with van der Waals surface area (Å²) in [5.41, 5.74) is 2.89. The molecule has 2 heterocycles. The topological polar surface area (TPSA) is 24.5 Å². The van der Waals surface area contributed by atoms with E-state index in [0.29, 0.717) is 12.0 Å². The van der Waals surface area contributed by atoms with Crippen molar-refractivity contribution in [3.63, 3.8) is 0 Å². The molecule has 3 nitrogen and oxygen atoms in total. The summed E-state index contributed by atoms with van der Waals surface area (Å²) in [7, 11) is 0. The highest BCUT2D eigenvalue weighted by molar-refractivity contribution is 5.89. The van der Waals surface area contributed by atoms with Crippen LogP contribution in [0.1, 0.15) is 30.0 Å². The van der Waals surface area contributed by atoms with Crippen molar-refractivity contribution in [2.45, 2.75) is 25.8 Å². The lowest BCUT2D eigenvalue weighted by atomic mass is 9.83. The molecule has 5 heteroatoms. The maximum Gasteiger partial charge on any atom is 0.0469 e. The quantitative estimate of drug-likeness (QED) is 0.833. The van der Waals surface area contributed by atoms with E-state index in [2.05, 4.69) is 53.5 Å². The highest BCUT2D eigenvalue weighted by atomic mass is 35.5. The molecule has 0 aromatic heterocycles. The van der Waals surface area contributed by atoms with Crippen LogP contribution in [-0.4, -0.2) is 44.3 Å². The highest BCUT2D eigenvalue weighted by Gasteiger charge is 2.32. The van der Waals surface area contributed by atoms with Crippen LogP contribution in [0.3, 0.4) is 0 Å². The van der Waals surface area contributed by atoms with E-state index >= 15 is 0 Å². The van der Waals surface area contributed by atoms with Crippen molar-refractivity contribution in [1.82, 2.24) is 10.2 Å². The summed E-state index contributed by atoms with van der Waals surface area (Å²) < 4.78 is 5.65. The molecule has 4 rings (SSSR count). The van der Waals surface area contributed by atoms with Crippen molar-refractivity contribution < 1.29 is 4.74 Å². The van der Waals surface area contributed by atoms with Crippen molar-refractivity contribution in [2.75, 3.05) is 39.4 Å². The van der Waals surface area contributed by atoms with Gasteiger partial charge in [0.2, 0.25) is 0 Å². The van der Waals surface area contributed by atoms with Crippen LogP contribution >= 0.6 is 24.8 Å². The van der Waals surface area contributed by atoms with Gasteiger partial charge >= 0.3 is 0 Å². The van der Waals surface area contributed by atoms with Gasteiger partial charge in [0.15, 0.2) is 0 Å². The molecule has 2 saturated heterocycles. The van der Waals surface area contributed by atoms with Gasteiger partial charge in [0, 0.05) is 45.4 Å². The molecule has 0 unspecified atom stereocenters. The molecule has 26 heavy (non-hydrogen) atoms. The number of nitrogens with zero attached hydrogens (tertiary/aromatic N) is 1. The fourth-order valence-electron chi connectivity index (χ4n) is 4.47. The third-order valence-electron chi connectivity index (χ3n) is 5.75. The number of halogens is 2. The zero-order valence-electron chi connectivity index (χ0n) is 15.4. The van der Waals surface area contributed by atoms with Crippen molar-refractivity contribution in [3.8, 4) is 0 Å². The molecule has 0 radical (unpaired) electrons. The summed E-state index contributed by atoms with van der Waals surface area (Å²) in [6, 6.07) is 14.1. The fourth-order valence-corrected chi connectivity index (χ4v) is 4.47. The lowest BCUT2D eigenvalue weighted by Crippen LogP contribution is -2.47. The number of fused-ring (bicyclic) bond motifs is 1. The van der Waals surface area contributed by atoms with E-state index in [9.17, 15) is 0 Å². The molecule has 144 valence electrons. The molecule has 0 spiro atoms. The van der Waals surface area contributed by atoms with Gasteiger partial charge in [-0.3, -0.25) is 4.90 Å². The molecule has 2 aliphatic heterocycles. The maximum atomic E-state index is 5.65. The van der Waals surface area contributed by atoms with Crippen LogP contribution in [0.25, 0.3) is 10.8 Å². The highest BCUT2D eigenvalue weighted by Crippen LogP contribution is 2.39. The Kier molecular flexibility index (Phi) is 8.18. The average molecular weight is 397 g/mol. The Morgan fingerprint density at radius 3 is 2.31 bits per heavy atom. The number of ether oxygens (including phenoxy) is 1. The largest absolute Gasteiger partial charge is 0.381 e. The predicted octanol–water partition coefficient (Wildman–Crippen LogP) is 4.36. The van der Waals surface area contributed by atoms with Crippen LogP contribution in [0.5, 0.6) is 0 Å². The predicted molar refractivity (Wildman–Crippen MR) is 114 cm³/mol.